The molecule has 0 radical (unpaired) electrons. The molecule has 2 aromatic rings. The number of rotatable bonds is 6. The molecule has 7 heteroatoms. The van der Waals surface area contributed by atoms with Crippen LogP contribution in [0, 0.1) is 10.1 Å². The van der Waals surface area contributed by atoms with E-state index in [0.29, 0.717) is 17.7 Å². The van der Waals surface area contributed by atoms with Crippen molar-refractivity contribution in [2.24, 2.45) is 0 Å². The molecule has 2 amide bonds. The Kier molecular flexibility index (Phi) is 4.97. The molecule has 134 valence electrons. The summed E-state index contributed by atoms with van der Waals surface area (Å²) in [5, 5.41) is 13.3. The summed E-state index contributed by atoms with van der Waals surface area (Å²) in [7, 11) is 1.58. The average Bonchev–Trinajstić information content (AvgIpc) is 3.50. The van der Waals surface area contributed by atoms with Crippen LogP contribution in [0.25, 0.3) is 0 Å². The number of hydrogen-bond acceptors (Lipinski definition) is 4. The molecule has 0 heterocycles. The molecule has 3 rings (SSSR count). The van der Waals surface area contributed by atoms with Crippen LogP contribution in [0.1, 0.15) is 39.1 Å². The highest BCUT2D eigenvalue weighted by Crippen LogP contribution is 2.30. The van der Waals surface area contributed by atoms with Gasteiger partial charge in [-0.3, -0.25) is 19.7 Å². The molecule has 0 unspecified atom stereocenters. The van der Waals surface area contributed by atoms with E-state index in [1.807, 2.05) is 12.1 Å². The topological polar surface area (TPSA) is 92.6 Å². The first-order valence-corrected chi connectivity index (χ1v) is 8.36. The summed E-state index contributed by atoms with van der Waals surface area (Å²) in [5.74, 6) is -0.296. The lowest BCUT2D eigenvalue weighted by Gasteiger charge is -2.23. The van der Waals surface area contributed by atoms with Gasteiger partial charge < -0.3 is 10.2 Å². The number of nitro benzene ring substituents is 1. The molecule has 1 aliphatic rings. The second-order valence-corrected chi connectivity index (χ2v) is 6.24. The van der Waals surface area contributed by atoms with E-state index in [4.69, 9.17) is 0 Å². The predicted molar refractivity (Wildman–Crippen MR) is 95.8 cm³/mol. The molecule has 1 aliphatic carbocycles. The molecule has 0 aromatic heterocycles. The smallest absolute Gasteiger partial charge is 0.269 e. The van der Waals surface area contributed by atoms with E-state index in [0.717, 1.165) is 18.4 Å². The van der Waals surface area contributed by atoms with Gasteiger partial charge in [0.05, 0.1) is 4.92 Å². The van der Waals surface area contributed by atoms with Crippen molar-refractivity contribution in [2.45, 2.75) is 25.4 Å². The summed E-state index contributed by atoms with van der Waals surface area (Å²) in [6.45, 7) is 0.439. The van der Waals surface area contributed by atoms with E-state index in [1.54, 1.807) is 24.1 Å². The van der Waals surface area contributed by atoms with Crippen molar-refractivity contribution in [2.75, 3.05) is 7.05 Å². The van der Waals surface area contributed by atoms with E-state index in [1.165, 1.54) is 24.3 Å². The fourth-order valence-electron chi connectivity index (χ4n) is 2.75. The summed E-state index contributed by atoms with van der Waals surface area (Å²) in [6.07, 6.45) is 1.91. The molecule has 0 aliphatic heterocycles. The normalized spacial score (nSPS) is 13.1. The Bertz CT molecular complexity index is 827. The Labute approximate surface area is 150 Å². The van der Waals surface area contributed by atoms with E-state index in [-0.39, 0.29) is 23.5 Å². The zero-order valence-corrected chi connectivity index (χ0v) is 14.3. The number of carbonyl (C=O) groups excluding carboxylic acids is 2. The highest BCUT2D eigenvalue weighted by molar-refractivity contribution is 5.95. The third-order valence-electron chi connectivity index (χ3n) is 4.37. The molecule has 2 aromatic carbocycles. The van der Waals surface area contributed by atoms with Crippen molar-refractivity contribution in [3.63, 3.8) is 0 Å². The number of nitro groups is 1. The van der Waals surface area contributed by atoms with Crippen LogP contribution >= 0.6 is 0 Å². The average molecular weight is 353 g/mol. The van der Waals surface area contributed by atoms with Crippen LogP contribution in [-0.4, -0.2) is 34.7 Å². The zero-order chi connectivity index (χ0) is 18.7. The molecule has 26 heavy (non-hydrogen) atoms. The number of carbonyl (C=O) groups is 2. The molecule has 1 fully saturated rings. The number of nitrogens with zero attached hydrogens (tertiary/aromatic N) is 2. The predicted octanol–water partition coefficient (Wildman–Crippen LogP) is 2.76. The molecule has 7 nitrogen and oxygen atoms in total. The number of benzene rings is 2. The van der Waals surface area contributed by atoms with E-state index < -0.39 is 4.92 Å². The van der Waals surface area contributed by atoms with Crippen molar-refractivity contribution in [1.29, 1.82) is 0 Å². The van der Waals surface area contributed by atoms with Gasteiger partial charge in [0.15, 0.2) is 0 Å². The monoisotopic (exact) mass is 353 g/mol. The van der Waals surface area contributed by atoms with Crippen molar-refractivity contribution in [1.82, 2.24) is 10.2 Å². The molecule has 0 bridgehead atoms. The molecular weight excluding hydrogens is 334 g/mol. The Morgan fingerprint density at radius 1 is 1.08 bits per heavy atom. The molecule has 1 saturated carbocycles. The van der Waals surface area contributed by atoms with Crippen molar-refractivity contribution < 1.29 is 14.5 Å². The lowest BCUT2D eigenvalue weighted by atomic mass is 10.1. The second-order valence-electron chi connectivity index (χ2n) is 6.24. The maximum absolute atomic E-state index is 12.8. The quantitative estimate of drug-likeness (QED) is 0.638. The number of nitrogens with one attached hydrogen (secondary N) is 1. The standard InChI is InChI=1S/C19H19N3O4/c1-20-18(23)14-4-2-13(3-5-14)12-21(16-10-11-16)19(24)15-6-8-17(9-7-15)22(25)26/h2-9,16H,10-12H2,1H3,(H,20,23). The lowest BCUT2D eigenvalue weighted by Crippen LogP contribution is -2.32. The van der Waals surface area contributed by atoms with Gasteiger partial charge in [-0.05, 0) is 42.7 Å². The minimum atomic E-state index is -0.485. The minimum Gasteiger partial charge on any atom is -0.355 e. The van der Waals surface area contributed by atoms with E-state index >= 15 is 0 Å². The van der Waals surface area contributed by atoms with Gasteiger partial charge in [-0.25, -0.2) is 0 Å². The molecule has 0 spiro atoms. The van der Waals surface area contributed by atoms with Crippen LogP contribution in [0.4, 0.5) is 5.69 Å². The van der Waals surface area contributed by atoms with Gasteiger partial charge in [-0.1, -0.05) is 12.1 Å². The molecular formula is C19H19N3O4. The van der Waals surface area contributed by atoms with E-state index in [9.17, 15) is 19.7 Å². The molecule has 1 N–H and O–H groups in total. The lowest BCUT2D eigenvalue weighted by molar-refractivity contribution is -0.384. The van der Waals surface area contributed by atoms with Gasteiger partial charge in [0.2, 0.25) is 0 Å². The van der Waals surface area contributed by atoms with Crippen LogP contribution < -0.4 is 5.32 Å². The van der Waals surface area contributed by atoms with Crippen molar-refractivity contribution in [3.8, 4) is 0 Å². The van der Waals surface area contributed by atoms with Crippen LogP contribution in [0.2, 0.25) is 0 Å². The maximum Gasteiger partial charge on any atom is 0.269 e. The Hall–Kier alpha value is -3.22. The molecule has 0 atom stereocenters. The fourth-order valence-corrected chi connectivity index (χ4v) is 2.75. The Morgan fingerprint density at radius 2 is 1.65 bits per heavy atom. The van der Waals surface area contributed by atoms with Gasteiger partial charge in [0, 0.05) is 42.9 Å². The Balaban J connectivity index is 1.75. The van der Waals surface area contributed by atoms with E-state index in [2.05, 4.69) is 5.32 Å². The zero-order valence-electron chi connectivity index (χ0n) is 14.3. The number of hydrogen-bond donors (Lipinski definition) is 1. The third kappa shape index (κ3) is 3.88. The maximum atomic E-state index is 12.8. The van der Waals surface area contributed by atoms with Gasteiger partial charge in [-0.2, -0.15) is 0 Å². The van der Waals surface area contributed by atoms with Crippen LogP contribution in [-0.2, 0) is 6.54 Å². The van der Waals surface area contributed by atoms with Gasteiger partial charge in [0.1, 0.15) is 0 Å². The summed E-state index contributed by atoms with van der Waals surface area (Å²) >= 11 is 0. The Morgan fingerprint density at radius 3 is 2.15 bits per heavy atom. The molecule has 0 saturated heterocycles. The summed E-state index contributed by atoms with van der Waals surface area (Å²) in [6, 6.07) is 13.0. The highest BCUT2D eigenvalue weighted by Gasteiger charge is 2.33. The first-order valence-electron chi connectivity index (χ1n) is 8.36. The summed E-state index contributed by atoms with van der Waals surface area (Å²) in [5.41, 5.74) is 1.89. The fraction of sp³-hybridized carbons (Fsp3) is 0.263. The van der Waals surface area contributed by atoms with Gasteiger partial charge >= 0.3 is 0 Å². The van der Waals surface area contributed by atoms with Crippen LogP contribution in [0.3, 0.4) is 0 Å². The largest absolute Gasteiger partial charge is 0.355 e. The van der Waals surface area contributed by atoms with Gasteiger partial charge in [-0.15, -0.1) is 0 Å². The SMILES string of the molecule is CNC(=O)c1ccc(CN(C(=O)c2ccc([N+](=O)[O-])cc2)C2CC2)cc1. The highest BCUT2D eigenvalue weighted by atomic mass is 16.6. The third-order valence-corrected chi connectivity index (χ3v) is 4.37. The first kappa shape index (κ1) is 17.6. The van der Waals surface area contributed by atoms with Crippen LogP contribution in [0.15, 0.2) is 48.5 Å². The second kappa shape index (κ2) is 7.35. The van der Waals surface area contributed by atoms with Crippen molar-refractivity contribution >= 4 is 17.5 Å². The minimum absolute atomic E-state index is 0.0377. The summed E-state index contributed by atoms with van der Waals surface area (Å²) < 4.78 is 0. The first-order chi connectivity index (χ1) is 12.5. The van der Waals surface area contributed by atoms with Crippen molar-refractivity contribution in [3.05, 3.63) is 75.3 Å². The number of non-ortho nitro benzene ring substituents is 1. The summed E-state index contributed by atoms with van der Waals surface area (Å²) in [4.78, 5) is 36.5. The number of amides is 2. The van der Waals surface area contributed by atoms with Crippen LogP contribution in [0.5, 0.6) is 0 Å². The van der Waals surface area contributed by atoms with Gasteiger partial charge in [0.25, 0.3) is 17.5 Å².